The van der Waals surface area contributed by atoms with E-state index < -0.39 is 0 Å². The minimum atomic E-state index is -0.311. The van der Waals surface area contributed by atoms with Crippen molar-refractivity contribution in [3.63, 3.8) is 0 Å². The third kappa shape index (κ3) is 5.57. The largest absolute Gasteiger partial charge is 0.462 e. The summed E-state index contributed by atoms with van der Waals surface area (Å²) < 4.78 is 10.4. The van der Waals surface area contributed by atoms with Gasteiger partial charge in [-0.05, 0) is 12.8 Å². The van der Waals surface area contributed by atoms with Crippen molar-refractivity contribution in [1.29, 1.82) is 0 Å². The van der Waals surface area contributed by atoms with E-state index in [9.17, 15) is 4.79 Å². The summed E-state index contributed by atoms with van der Waals surface area (Å²) in [5, 5.41) is 0. The predicted octanol–water partition coefficient (Wildman–Crippen LogP) is 2.46. The number of rotatable bonds is 0. The molecular weight excluding hydrogens is 192 g/mol. The molecule has 1 heterocycles. The summed E-state index contributed by atoms with van der Waals surface area (Å²) in [5.41, 5.74) is 0.425. The Labute approximate surface area is 91.4 Å². The van der Waals surface area contributed by atoms with Crippen LogP contribution in [0.1, 0.15) is 38.5 Å². The van der Waals surface area contributed by atoms with Gasteiger partial charge in [0, 0.05) is 6.61 Å². The molecule has 0 N–H and O–H groups in total. The SMILES string of the molecule is C=C1COCCCCCCCCOC1=O. The fourth-order valence-corrected chi connectivity index (χ4v) is 1.53. The Balaban J connectivity index is 2.30. The van der Waals surface area contributed by atoms with Crippen LogP contribution in [0, 0.1) is 0 Å². The molecule has 15 heavy (non-hydrogen) atoms. The molecule has 1 aliphatic heterocycles. The third-order valence-electron chi connectivity index (χ3n) is 2.48. The molecular formula is C12H20O3. The summed E-state index contributed by atoms with van der Waals surface area (Å²) >= 11 is 0. The molecule has 1 rings (SSSR count). The molecule has 0 aromatic heterocycles. The van der Waals surface area contributed by atoms with Crippen LogP contribution in [0.25, 0.3) is 0 Å². The lowest BCUT2D eigenvalue weighted by Gasteiger charge is -2.06. The van der Waals surface area contributed by atoms with Gasteiger partial charge in [-0.15, -0.1) is 0 Å². The molecule has 0 aromatic rings. The summed E-state index contributed by atoms with van der Waals surface area (Å²) in [6.07, 6.45) is 6.85. The van der Waals surface area contributed by atoms with Gasteiger partial charge in [0.15, 0.2) is 0 Å². The van der Waals surface area contributed by atoms with Gasteiger partial charge in [0.25, 0.3) is 0 Å². The van der Waals surface area contributed by atoms with E-state index in [0.29, 0.717) is 25.4 Å². The van der Waals surface area contributed by atoms with E-state index in [4.69, 9.17) is 9.47 Å². The molecule has 3 heteroatoms. The fraction of sp³-hybridized carbons (Fsp3) is 0.750. The van der Waals surface area contributed by atoms with Crippen molar-refractivity contribution in [2.75, 3.05) is 19.8 Å². The first-order chi connectivity index (χ1) is 7.30. The lowest BCUT2D eigenvalue weighted by molar-refractivity contribution is -0.139. The van der Waals surface area contributed by atoms with Gasteiger partial charge < -0.3 is 9.47 Å². The zero-order chi connectivity index (χ0) is 10.9. The molecule has 0 unspecified atom stereocenters. The van der Waals surface area contributed by atoms with Crippen LogP contribution < -0.4 is 0 Å². The zero-order valence-electron chi connectivity index (χ0n) is 9.30. The first-order valence-corrected chi connectivity index (χ1v) is 5.73. The second-order valence-electron chi connectivity index (χ2n) is 3.91. The topological polar surface area (TPSA) is 35.5 Å². The van der Waals surface area contributed by atoms with Crippen molar-refractivity contribution < 1.29 is 14.3 Å². The number of hydrogen-bond donors (Lipinski definition) is 0. The van der Waals surface area contributed by atoms with Crippen LogP contribution in [0.4, 0.5) is 0 Å². The minimum absolute atomic E-state index is 0.304. The Morgan fingerprint density at radius 1 is 0.933 bits per heavy atom. The molecule has 1 fully saturated rings. The highest BCUT2D eigenvalue weighted by Crippen LogP contribution is 2.08. The van der Waals surface area contributed by atoms with Crippen LogP contribution in [0.2, 0.25) is 0 Å². The molecule has 0 saturated carbocycles. The van der Waals surface area contributed by atoms with E-state index >= 15 is 0 Å². The second-order valence-corrected chi connectivity index (χ2v) is 3.91. The Hall–Kier alpha value is -0.830. The van der Waals surface area contributed by atoms with E-state index in [-0.39, 0.29) is 5.97 Å². The molecule has 0 radical (unpaired) electrons. The van der Waals surface area contributed by atoms with Crippen molar-refractivity contribution >= 4 is 5.97 Å². The van der Waals surface area contributed by atoms with Crippen LogP contribution in [0.3, 0.4) is 0 Å². The molecule has 86 valence electrons. The van der Waals surface area contributed by atoms with E-state index in [0.717, 1.165) is 19.3 Å². The first kappa shape index (κ1) is 12.2. The molecule has 0 atom stereocenters. The van der Waals surface area contributed by atoms with E-state index in [1.54, 1.807) is 0 Å². The van der Waals surface area contributed by atoms with Crippen LogP contribution in [-0.2, 0) is 14.3 Å². The lowest BCUT2D eigenvalue weighted by Crippen LogP contribution is -2.12. The van der Waals surface area contributed by atoms with Gasteiger partial charge in [-0.2, -0.15) is 0 Å². The summed E-state index contributed by atoms with van der Waals surface area (Å²) in [6.45, 7) is 5.18. The summed E-state index contributed by atoms with van der Waals surface area (Å²) in [6, 6.07) is 0. The fourth-order valence-electron chi connectivity index (χ4n) is 1.53. The molecule has 0 bridgehead atoms. The summed E-state index contributed by atoms with van der Waals surface area (Å²) in [7, 11) is 0. The average molecular weight is 212 g/mol. The van der Waals surface area contributed by atoms with Gasteiger partial charge in [0.05, 0.1) is 18.8 Å². The first-order valence-electron chi connectivity index (χ1n) is 5.73. The van der Waals surface area contributed by atoms with Crippen molar-refractivity contribution in [2.45, 2.75) is 38.5 Å². The van der Waals surface area contributed by atoms with Gasteiger partial charge in [-0.1, -0.05) is 32.3 Å². The summed E-state index contributed by atoms with van der Waals surface area (Å²) in [4.78, 5) is 11.3. The van der Waals surface area contributed by atoms with Gasteiger partial charge in [0.1, 0.15) is 0 Å². The van der Waals surface area contributed by atoms with Crippen LogP contribution in [-0.4, -0.2) is 25.8 Å². The maximum atomic E-state index is 11.3. The maximum Gasteiger partial charge on any atom is 0.335 e. The average Bonchev–Trinajstić information content (AvgIpc) is 2.25. The van der Waals surface area contributed by atoms with Crippen LogP contribution >= 0.6 is 0 Å². The molecule has 0 aromatic carbocycles. The number of carbonyl (C=O) groups is 1. The Kier molecular flexibility index (Phi) is 6.09. The molecule has 3 nitrogen and oxygen atoms in total. The van der Waals surface area contributed by atoms with Gasteiger partial charge >= 0.3 is 5.97 Å². The molecule has 1 saturated heterocycles. The predicted molar refractivity (Wildman–Crippen MR) is 58.6 cm³/mol. The van der Waals surface area contributed by atoms with Crippen molar-refractivity contribution in [3.05, 3.63) is 12.2 Å². The number of cyclic esters (lactones) is 1. The monoisotopic (exact) mass is 212 g/mol. The Bertz CT molecular complexity index is 189. The number of carbonyl (C=O) groups excluding carboxylic acids is 1. The minimum Gasteiger partial charge on any atom is -0.462 e. The van der Waals surface area contributed by atoms with E-state index in [1.807, 2.05) is 0 Å². The highest BCUT2D eigenvalue weighted by molar-refractivity contribution is 5.87. The Morgan fingerprint density at radius 2 is 1.53 bits per heavy atom. The van der Waals surface area contributed by atoms with Crippen molar-refractivity contribution in [3.8, 4) is 0 Å². The van der Waals surface area contributed by atoms with Crippen LogP contribution in [0.15, 0.2) is 12.2 Å². The number of ether oxygens (including phenoxy) is 2. The van der Waals surface area contributed by atoms with Gasteiger partial charge in [-0.25, -0.2) is 4.79 Å². The van der Waals surface area contributed by atoms with Crippen molar-refractivity contribution in [2.24, 2.45) is 0 Å². The quantitative estimate of drug-likeness (QED) is 0.457. The Morgan fingerprint density at radius 3 is 2.27 bits per heavy atom. The van der Waals surface area contributed by atoms with Gasteiger partial charge in [0.2, 0.25) is 0 Å². The highest BCUT2D eigenvalue weighted by Gasteiger charge is 2.08. The van der Waals surface area contributed by atoms with Gasteiger partial charge in [-0.3, -0.25) is 0 Å². The molecule has 0 aliphatic carbocycles. The van der Waals surface area contributed by atoms with E-state index in [1.165, 1.54) is 19.3 Å². The third-order valence-corrected chi connectivity index (χ3v) is 2.48. The smallest absolute Gasteiger partial charge is 0.335 e. The molecule has 0 amide bonds. The van der Waals surface area contributed by atoms with Crippen molar-refractivity contribution in [1.82, 2.24) is 0 Å². The second kappa shape index (κ2) is 7.46. The standard InChI is InChI=1S/C12H20O3/c1-11-10-14-8-6-4-2-3-5-7-9-15-12(11)13/h1-10H2. The maximum absolute atomic E-state index is 11.3. The molecule has 0 spiro atoms. The lowest BCUT2D eigenvalue weighted by atomic mass is 10.1. The van der Waals surface area contributed by atoms with Crippen LogP contribution in [0.5, 0.6) is 0 Å². The molecule has 1 aliphatic rings. The number of hydrogen-bond acceptors (Lipinski definition) is 3. The van der Waals surface area contributed by atoms with E-state index in [2.05, 4.69) is 6.58 Å². The highest BCUT2D eigenvalue weighted by atomic mass is 16.5. The number of esters is 1. The normalized spacial score (nSPS) is 22.1. The zero-order valence-corrected chi connectivity index (χ0v) is 9.30. The summed E-state index contributed by atoms with van der Waals surface area (Å²) in [5.74, 6) is -0.311.